The van der Waals surface area contributed by atoms with Crippen molar-refractivity contribution in [3.8, 4) is 0 Å². The normalized spacial score (nSPS) is 12.2. The topological polar surface area (TPSA) is 55.7 Å². The molecule has 0 radical (unpaired) electrons. The lowest BCUT2D eigenvalue weighted by molar-refractivity contribution is -0.143. The minimum atomic E-state index is -0.473. The van der Waals surface area contributed by atoms with Crippen LogP contribution in [0, 0.1) is 4.91 Å². The summed E-state index contributed by atoms with van der Waals surface area (Å²) >= 11 is 0. The molecule has 0 spiro atoms. The molecule has 0 heterocycles. The highest BCUT2D eigenvalue weighted by Crippen LogP contribution is 1.97. The van der Waals surface area contributed by atoms with Crippen LogP contribution in [0.15, 0.2) is 5.18 Å². The van der Waals surface area contributed by atoms with Crippen LogP contribution in [-0.2, 0) is 9.53 Å². The van der Waals surface area contributed by atoms with Gasteiger partial charge in [0.2, 0.25) is 0 Å². The molecule has 1 atom stereocenters. The van der Waals surface area contributed by atoms with E-state index in [0.717, 1.165) is 0 Å². The SMILES string of the molecule is CCOC(=O)C[C@@H](C)N=O. The fraction of sp³-hybridized carbons (Fsp3) is 0.833. The van der Waals surface area contributed by atoms with Gasteiger partial charge in [-0.2, -0.15) is 4.91 Å². The molecule has 0 N–H and O–H groups in total. The molecule has 0 saturated heterocycles. The van der Waals surface area contributed by atoms with Crippen LogP contribution < -0.4 is 0 Å². The first-order chi connectivity index (χ1) is 4.70. The maximum atomic E-state index is 10.6. The summed E-state index contributed by atoms with van der Waals surface area (Å²) in [6.45, 7) is 3.64. The first kappa shape index (κ1) is 9.07. The molecular weight excluding hydrogens is 134 g/mol. The molecule has 0 aromatic carbocycles. The van der Waals surface area contributed by atoms with Gasteiger partial charge in [-0.1, -0.05) is 5.18 Å². The standard InChI is InChI=1S/C6H11NO3/c1-3-10-6(8)4-5(2)7-9/h5H,3-4H2,1-2H3/t5-/m1/s1. The Bertz CT molecular complexity index is 124. The van der Waals surface area contributed by atoms with Gasteiger partial charge in [-0.05, 0) is 13.8 Å². The predicted molar refractivity (Wildman–Crippen MR) is 36.5 cm³/mol. The van der Waals surface area contributed by atoms with Gasteiger partial charge in [0.05, 0.1) is 19.1 Å². The first-order valence-electron chi connectivity index (χ1n) is 3.18. The smallest absolute Gasteiger partial charge is 0.308 e. The molecule has 10 heavy (non-hydrogen) atoms. The lowest BCUT2D eigenvalue weighted by atomic mass is 10.2. The maximum absolute atomic E-state index is 10.6. The third-order valence-corrected chi connectivity index (χ3v) is 0.947. The van der Waals surface area contributed by atoms with Gasteiger partial charge >= 0.3 is 5.97 Å². The molecule has 0 aromatic rings. The Morgan fingerprint density at radius 3 is 2.70 bits per heavy atom. The molecule has 0 amide bonds. The molecular formula is C6H11NO3. The van der Waals surface area contributed by atoms with Gasteiger partial charge in [0.25, 0.3) is 0 Å². The molecule has 4 nitrogen and oxygen atoms in total. The Balaban J connectivity index is 3.46. The number of esters is 1. The molecule has 58 valence electrons. The van der Waals surface area contributed by atoms with Crippen molar-refractivity contribution >= 4 is 5.97 Å². The number of rotatable bonds is 4. The number of nitrogens with zero attached hydrogens (tertiary/aromatic N) is 1. The van der Waals surface area contributed by atoms with E-state index in [9.17, 15) is 9.70 Å². The van der Waals surface area contributed by atoms with Crippen molar-refractivity contribution in [1.29, 1.82) is 0 Å². The van der Waals surface area contributed by atoms with E-state index < -0.39 is 6.04 Å². The average molecular weight is 145 g/mol. The number of ether oxygens (including phenoxy) is 1. The molecule has 4 heteroatoms. The third kappa shape index (κ3) is 4.00. The van der Waals surface area contributed by atoms with E-state index in [2.05, 4.69) is 9.91 Å². The molecule has 0 aliphatic heterocycles. The molecule has 0 aromatic heterocycles. The van der Waals surface area contributed by atoms with E-state index in [1.807, 2.05) is 0 Å². The summed E-state index contributed by atoms with van der Waals surface area (Å²) in [4.78, 5) is 20.4. The largest absolute Gasteiger partial charge is 0.466 e. The van der Waals surface area contributed by atoms with E-state index in [1.54, 1.807) is 13.8 Å². The van der Waals surface area contributed by atoms with E-state index >= 15 is 0 Å². The van der Waals surface area contributed by atoms with Crippen molar-refractivity contribution in [2.75, 3.05) is 6.61 Å². The Morgan fingerprint density at radius 2 is 2.30 bits per heavy atom. The minimum absolute atomic E-state index is 0.0807. The lowest BCUT2D eigenvalue weighted by Gasteiger charge is -2.00. The Hall–Kier alpha value is -0.930. The van der Waals surface area contributed by atoms with Gasteiger partial charge in [-0.3, -0.25) is 4.79 Å². The van der Waals surface area contributed by atoms with Crippen molar-refractivity contribution in [3.63, 3.8) is 0 Å². The Kier molecular flexibility index (Phi) is 4.45. The van der Waals surface area contributed by atoms with Crippen LogP contribution in [0.5, 0.6) is 0 Å². The van der Waals surface area contributed by atoms with Gasteiger partial charge < -0.3 is 4.74 Å². The first-order valence-corrected chi connectivity index (χ1v) is 3.18. The van der Waals surface area contributed by atoms with E-state index in [-0.39, 0.29) is 12.4 Å². The predicted octanol–water partition coefficient (Wildman–Crippen LogP) is 1.09. The summed E-state index contributed by atoms with van der Waals surface area (Å²) in [5.74, 6) is -0.366. The maximum Gasteiger partial charge on any atom is 0.308 e. The molecule has 0 bridgehead atoms. The van der Waals surface area contributed by atoms with Crippen molar-refractivity contribution in [2.45, 2.75) is 26.3 Å². The van der Waals surface area contributed by atoms with Gasteiger partial charge in [-0.15, -0.1) is 0 Å². The van der Waals surface area contributed by atoms with Crippen molar-refractivity contribution in [2.24, 2.45) is 5.18 Å². The highest BCUT2D eigenvalue weighted by Gasteiger charge is 2.08. The van der Waals surface area contributed by atoms with Gasteiger partial charge in [-0.25, -0.2) is 0 Å². The third-order valence-electron chi connectivity index (χ3n) is 0.947. The molecule has 0 fully saturated rings. The number of carbonyl (C=O) groups is 1. The zero-order valence-corrected chi connectivity index (χ0v) is 6.16. The van der Waals surface area contributed by atoms with E-state index in [0.29, 0.717) is 6.61 Å². The van der Waals surface area contributed by atoms with Crippen LogP contribution in [0.2, 0.25) is 0 Å². The highest BCUT2D eigenvalue weighted by atomic mass is 16.5. The lowest BCUT2D eigenvalue weighted by Crippen LogP contribution is -2.10. The van der Waals surface area contributed by atoms with Gasteiger partial charge in [0, 0.05) is 0 Å². The Labute approximate surface area is 59.5 Å². The molecule has 0 aliphatic rings. The second-order valence-corrected chi connectivity index (χ2v) is 1.96. The summed E-state index contributed by atoms with van der Waals surface area (Å²) in [7, 11) is 0. The summed E-state index contributed by atoms with van der Waals surface area (Å²) in [6, 6.07) is -0.473. The highest BCUT2D eigenvalue weighted by molar-refractivity contribution is 5.69. The van der Waals surface area contributed by atoms with Gasteiger partial charge in [0.1, 0.15) is 0 Å². The van der Waals surface area contributed by atoms with Crippen LogP contribution in [0.1, 0.15) is 20.3 Å². The van der Waals surface area contributed by atoms with Crippen LogP contribution in [0.3, 0.4) is 0 Å². The molecule has 0 unspecified atom stereocenters. The Morgan fingerprint density at radius 1 is 1.70 bits per heavy atom. The fourth-order valence-electron chi connectivity index (χ4n) is 0.498. The summed E-state index contributed by atoms with van der Waals surface area (Å²) in [6.07, 6.45) is 0.0807. The van der Waals surface area contributed by atoms with Crippen LogP contribution in [0.4, 0.5) is 0 Å². The number of hydrogen-bond acceptors (Lipinski definition) is 4. The van der Waals surface area contributed by atoms with Crippen molar-refractivity contribution < 1.29 is 9.53 Å². The second-order valence-electron chi connectivity index (χ2n) is 1.96. The number of nitroso groups, excluding NO2 is 1. The van der Waals surface area contributed by atoms with Crippen LogP contribution in [0.25, 0.3) is 0 Å². The second kappa shape index (κ2) is 4.90. The minimum Gasteiger partial charge on any atom is -0.466 e. The van der Waals surface area contributed by atoms with Crippen molar-refractivity contribution in [1.82, 2.24) is 0 Å². The van der Waals surface area contributed by atoms with E-state index in [4.69, 9.17) is 0 Å². The summed E-state index contributed by atoms with van der Waals surface area (Å²) < 4.78 is 4.58. The fourth-order valence-corrected chi connectivity index (χ4v) is 0.498. The van der Waals surface area contributed by atoms with Crippen LogP contribution >= 0.6 is 0 Å². The molecule has 0 aliphatic carbocycles. The zero-order valence-electron chi connectivity index (χ0n) is 6.16. The zero-order chi connectivity index (χ0) is 7.98. The van der Waals surface area contributed by atoms with E-state index in [1.165, 1.54) is 0 Å². The van der Waals surface area contributed by atoms with Crippen molar-refractivity contribution in [3.05, 3.63) is 4.91 Å². The average Bonchev–Trinajstić information content (AvgIpc) is 1.88. The number of hydrogen-bond donors (Lipinski definition) is 0. The molecule has 0 saturated carbocycles. The monoisotopic (exact) mass is 145 g/mol. The summed E-state index contributed by atoms with van der Waals surface area (Å²) in [5.41, 5.74) is 0. The summed E-state index contributed by atoms with van der Waals surface area (Å²) in [5, 5.41) is 2.66. The number of carbonyl (C=O) groups excluding carboxylic acids is 1. The van der Waals surface area contributed by atoms with Crippen LogP contribution in [-0.4, -0.2) is 18.6 Å². The van der Waals surface area contributed by atoms with Gasteiger partial charge in [0.15, 0.2) is 0 Å². The quantitative estimate of drug-likeness (QED) is 0.439. The molecule has 0 rings (SSSR count).